The molecule has 2 saturated carbocycles. The molecule has 4 rings (SSSR count). The van der Waals surface area contributed by atoms with E-state index in [1.165, 1.54) is 18.2 Å². The van der Waals surface area contributed by atoms with Gasteiger partial charge < -0.3 is 9.47 Å². The van der Waals surface area contributed by atoms with Crippen molar-refractivity contribution in [2.24, 2.45) is 17.8 Å². The lowest BCUT2D eigenvalue weighted by Crippen LogP contribution is -2.36. The van der Waals surface area contributed by atoms with Crippen molar-refractivity contribution in [3.63, 3.8) is 0 Å². The molecule has 8 heteroatoms. The van der Waals surface area contributed by atoms with Gasteiger partial charge in [-0.3, -0.25) is 9.35 Å². The maximum Gasteiger partial charge on any atom is 0.338 e. The number of carbonyl (C=O) groups excluding carboxylic acids is 2. The van der Waals surface area contributed by atoms with Gasteiger partial charge in [-0.05, 0) is 31.0 Å². The van der Waals surface area contributed by atoms with Gasteiger partial charge in [0, 0.05) is 11.8 Å². The molecule has 5 unspecified atom stereocenters. The van der Waals surface area contributed by atoms with Gasteiger partial charge in [0.15, 0.2) is 0 Å². The standard InChI is InChI=1S/C15H14O7S/c16-14(7-2-1-3-9(4-7)23(18,19)20)21-12-8-5-10-11(6-8)15(17)22-13(10)12/h1-4,8,10-13H,5-6H2,(H,18,19,20). The molecular weight excluding hydrogens is 324 g/mol. The quantitative estimate of drug-likeness (QED) is 0.648. The molecule has 1 aromatic carbocycles. The molecule has 1 aliphatic heterocycles. The van der Waals surface area contributed by atoms with Gasteiger partial charge in [0.1, 0.15) is 12.2 Å². The van der Waals surface area contributed by atoms with E-state index in [1.807, 2.05) is 0 Å². The predicted octanol–water partition coefficient (Wildman–Crippen LogP) is 1.04. The number of hydrogen-bond acceptors (Lipinski definition) is 6. The summed E-state index contributed by atoms with van der Waals surface area (Å²) >= 11 is 0. The molecule has 2 bridgehead atoms. The molecule has 1 aromatic rings. The van der Waals surface area contributed by atoms with Crippen molar-refractivity contribution in [1.29, 1.82) is 0 Å². The zero-order chi connectivity index (χ0) is 16.4. The molecule has 0 amide bonds. The number of ether oxygens (including phenoxy) is 2. The van der Waals surface area contributed by atoms with E-state index in [4.69, 9.17) is 14.0 Å². The highest BCUT2D eigenvalue weighted by molar-refractivity contribution is 7.85. The molecule has 3 aliphatic rings. The summed E-state index contributed by atoms with van der Waals surface area (Å²) in [5.74, 6) is -0.741. The van der Waals surface area contributed by atoms with Crippen LogP contribution >= 0.6 is 0 Å². The monoisotopic (exact) mass is 338 g/mol. The lowest BCUT2D eigenvalue weighted by Gasteiger charge is -2.25. The van der Waals surface area contributed by atoms with Crippen LogP contribution in [-0.4, -0.2) is 37.1 Å². The molecule has 0 spiro atoms. The van der Waals surface area contributed by atoms with Crippen LogP contribution in [0.1, 0.15) is 23.2 Å². The van der Waals surface area contributed by atoms with Crippen molar-refractivity contribution in [2.75, 3.05) is 0 Å². The summed E-state index contributed by atoms with van der Waals surface area (Å²) in [6, 6.07) is 5.02. The van der Waals surface area contributed by atoms with Gasteiger partial charge in [-0.25, -0.2) is 4.79 Å². The maximum atomic E-state index is 12.3. The SMILES string of the molecule is O=C(OC1C2CC3C(=O)OC1C3C2)c1cccc(S(=O)(=O)O)c1. The van der Waals surface area contributed by atoms with Crippen LogP contribution < -0.4 is 0 Å². The number of carbonyl (C=O) groups is 2. The molecule has 2 aliphatic carbocycles. The molecule has 0 aromatic heterocycles. The van der Waals surface area contributed by atoms with Crippen molar-refractivity contribution >= 4 is 22.1 Å². The Morgan fingerprint density at radius 1 is 1.30 bits per heavy atom. The first-order chi connectivity index (χ1) is 10.8. The fourth-order valence-electron chi connectivity index (χ4n) is 4.04. The number of hydrogen-bond donors (Lipinski definition) is 1. The summed E-state index contributed by atoms with van der Waals surface area (Å²) in [4.78, 5) is 23.6. The normalized spacial score (nSPS) is 34.5. The van der Waals surface area contributed by atoms with Crippen molar-refractivity contribution in [1.82, 2.24) is 0 Å². The van der Waals surface area contributed by atoms with Gasteiger partial charge in [0.05, 0.1) is 16.4 Å². The van der Waals surface area contributed by atoms with Crippen molar-refractivity contribution in [3.8, 4) is 0 Å². The van der Waals surface area contributed by atoms with Crippen LogP contribution in [0.4, 0.5) is 0 Å². The molecule has 23 heavy (non-hydrogen) atoms. The Morgan fingerprint density at radius 2 is 2.09 bits per heavy atom. The van der Waals surface area contributed by atoms with Crippen LogP contribution in [0.5, 0.6) is 0 Å². The smallest absolute Gasteiger partial charge is 0.338 e. The molecule has 1 heterocycles. The zero-order valence-corrected chi connectivity index (χ0v) is 12.7. The van der Waals surface area contributed by atoms with Crippen molar-refractivity contribution in [2.45, 2.75) is 29.9 Å². The highest BCUT2D eigenvalue weighted by Gasteiger charge is 2.63. The second-order valence-electron chi connectivity index (χ2n) is 6.28. The Labute approximate surface area is 132 Å². The van der Waals surface area contributed by atoms with Crippen LogP contribution in [0.3, 0.4) is 0 Å². The first kappa shape index (κ1) is 14.6. The summed E-state index contributed by atoms with van der Waals surface area (Å²) in [6.07, 6.45) is 0.608. The lowest BCUT2D eigenvalue weighted by atomic mass is 9.88. The van der Waals surface area contributed by atoms with E-state index in [0.29, 0.717) is 6.42 Å². The number of benzene rings is 1. The Bertz CT molecular complexity index is 800. The Balaban J connectivity index is 1.54. The fourth-order valence-corrected chi connectivity index (χ4v) is 4.57. The Hall–Kier alpha value is -1.93. The van der Waals surface area contributed by atoms with E-state index in [2.05, 4.69) is 0 Å². The van der Waals surface area contributed by atoms with Crippen molar-refractivity contribution in [3.05, 3.63) is 29.8 Å². The predicted molar refractivity (Wildman–Crippen MR) is 75.0 cm³/mol. The second kappa shape index (κ2) is 4.78. The molecule has 7 nitrogen and oxygen atoms in total. The van der Waals surface area contributed by atoms with E-state index in [-0.39, 0.29) is 40.3 Å². The third-order valence-corrected chi connectivity index (χ3v) is 5.87. The van der Waals surface area contributed by atoms with E-state index in [9.17, 15) is 18.0 Å². The van der Waals surface area contributed by atoms with Crippen LogP contribution in [0.25, 0.3) is 0 Å². The minimum absolute atomic E-state index is 0.0313. The lowest BCUT2D eigenvalue weighted by molar-refractivity contribution is -0.146. The minimum Gasteiger partial charge on any atom is -0.458 e. The molecule has 1 saturated heterocycles. The summed E-state index contributed by atoms with van der Waals surface area (Å²) in [7, 11) is -4.39. The Morgan fingerprint density at radius 3 is 2.83 bits per heavy atom. The van der Waals surface area contributed by atoms with Gasteiger partial charge >= 0.3 is 11.9 Å². The van der Waals surface area contributed by atoms with E-state index < -0.39 is 22.2 Å². The minimum atomic E-state index is -4.39. The summed E-state index contributed by atoms with van der Waals surface area (Å²) in [5, 5.41) is 0. The molecular formula is C15H14O7S. The van der Waals surface area contributed by atoms with Crippen LogP contribution in [-0.2, 0) is 24.4 Å². The highest BCUT2D eigenvalue weighted by atomic mass is 32.2. The van der Waals surface area contributed by atoms with Gasteiger partial charge in [-0.1, -0.05) is 6.07 Å². The first-order valence-electron chi connectivity index (χ1n) is 7.33. The number of rotatable bonds is 3. The summed E-state index contributed by atoms with van der Waals surface area (Å²) in [6.45, 7) is 0. The molecule has 3 fully saturated rings. The zero-order valence-electron chi connectivity index (χ0n) is 11.9. The average Bonchev–Trinajstić information content (AvgIpc) is 3.11. The van der Waals surface area contributed by atoms with E-state index >= 15 is 0 Å². The maximum absolute atomic E-state index is 12.3. The van der Waals surface area contributed by atoms with Crippen molar-refractivity contribution < 1.29 is 32.0 Å². The van der Waals surface area contributed by atoms with Crippen LogP contribution in [0.15, 0.2) is 29.2 Å². The summed E-state index contributed by atoms with van der Waals surface area (Å²) in [5.41, 5.74) is 0.0313. The Kier molecular flexibility index (Phi) is 3.05. The van der Waals surface area contributed by atoms with Crippen LogP contribution in [0.2, 0.25) is 0 Å². The average molecular weight is 338 g/mol. The third-order valence-electron chi connectivity index (χ3n) is 5.02. The largest absolute Gasteiger partial charge is 0.458 e. The third kappa shape index (κ3) is 2.24. The molecule has 5 atom stereocenters. The van der Waals surface area contributed by atoms with Crippen LogP contribution in [0, 0.1) is 17.8 Å². The van der Waals surface area contributed by atoms with Gasteiger partial charge in [-0.2, -0.15) is 8.42 Å². The first-order valence-corrected chi connectivity index (χ1v) is 8.77. The number of fused-ring (bicyclic) bond motifs is 1. The topological polar surface area (TPSA) is 107 Å². The van der Waals surface area contributed by atoms with E-state index in [1.54, 1.807) is 0 Å². The summed E-state index contributed by atoms with van der Waals surface area (Å²) < 4.78 is 42.1. The number of esters is 2. The van der Waals surface area contributed by atoms with Gasteiger partial charge in [-0.15, -0.1) is 0 Å². The molecule has 122 valence electrons. The highest BCUT2D eigenvalue weighted by Crippen LogP contribution is 2.55. The fraction of sp³-hybridized carbons (Fsp3) is 0.467. The van der Waals surface area contributed by atoms with E-state index in [0.717, 1.165) is 12.5 Å². The van der Waals surface area contributed by atoms with Gasteiger partial charge in [0.2, 0.25) is 0 Å². The molecule has 1 N–H and O–H groups in total. The van der Waals surface area contributed by atoms with Gasteiger partial charge in [0.25, 0.3) is 10.1 Å². The molecule has 0 radical (unpaired) electrons. The second-order valence-corrected chi connectivity index (χ2v) is 7.70.